The average molecular weight is 415 g/mol. The van der Waals surface area contributed by atoms with Crippen molar-refractivity contribution in [1.29, 1.82) is 0 Å². The molecule has 5 nitrogen and oxygen atoms in total. The molecular formula is C25H22FN3O2. The maximum atomic E-state index is 13.4. The number of aromatic nitrogens is 2. The number of imidazole rings is 1. The Bertz CT molecular complexity index is 1180. The fourth-order valence-electron chi connectivity index (χ4n) is 4.19. The summed E-state index contributed by atoms with van der Waals surface area (Å²) in [6, 6.07) is 21.7. The van der Waals surface area contributed by atoms with E-state index < -0.39 is 5.41 Å². The van der Waals surface area contributed by atoms with E-state index in [2.05, 4.69) is 15.3 Å². The first-order valence-electron chi connectivity index (χ1n) is 10.3. The van der Waals surface area contributed by atoms with Gasteiger partial charge in [-0.15, -0.1) is 0 Å². The van der Waals surface area contributed by atoms with Crippen molar-refractivity contribution >= 4 is 22.6 Å². The molecular weight excluding hydrogens is 393 g/mol. The molecule has 0 saturated carbocycles. The highest BCUT2D eigenvalue weighted by Gasteiger charge is 2.41. The third-order valence-corrected chi connectivity index (χ3v) is 5.98. The number of aromatic amines is 1. The molecule has 0 radical (unpaired) electrons. The smallest absolute Gasteiger partial charge is 0.235 e. The van der Waals surface area contributed by atoms with E-state index in [0.717, 1.165) is 28.0 Å². The lowest BCUT2D eigenvalue weighted by molar-refractivity contribution is -0.125. The Hall–Kier alpha value is -3.51. The summed E-state index contributed by atoms with van der Waals surface area (Å²) < 4.78 is 18.9. The minimum Gasteiger partial charge on any atom is -0.381 e. The average Bonchev–Trinajstić information content (AvgIpc) is 3.25. The van der Waals surface area contributed by atoms with Gasteiger partial charge in [-0.2, -0.15) is 0 Å². The van der Waals surface area contributed by atoms with Gasteiger partial charge in [0.15, 0.2) is 0 Å². The lowest BCUT2D eigenvalue weighted by Crippen LogP contribution is -2.44. The van der Waals surface area contributed by atoms with Gasteiger partial charge in [-0.25, -0.2) is 9.37 Å². The van der Waals surface area contributed by atoms with Crippen LogP contribution in [-0.2, 0) is 14.9 Å². The van der Waals surface area contributed by atoms with Gasteiger partial charge < -0.3 is 15.0 Å². The van der Waals surface area contributed by atoms with E-state index in [4.69, 9.17) is 4.74 Å². The zero-order chi connectivity index (χ0) is 21.3. The summed E-state index contributed by atoms with van der Waals surface area (Å²) in [4.78, 5) is 21.3. The van der Waals surface area contributed by atoms with E-state index in [1.54, 1.807) is 12.1 Å². The normalized spacial score (nSPS) is 15.6. The highest BCUT2D eigenvalue weighted by atomic mass is 19.1. The van der Waals surface area contributed by atoms with Crippen molar-refractivity contribution < 1.29 is 13.9 Å². The van der Waals surface area contributed by atoms with Crippen LogP contribution in [0.5, 0.6) is 0 Å². The third-order valence-electron chi connectivity index (χ3n) is 5.98. The topological polar surface area (TPSA) is 67.0 Å². The zero-order valence-electron chi connectivity index (χ0n) is 16.9. The number of carbonyl (C=O) groups excluding carboxylic acids is 1. The Morgan fingerprint density at radius 1 is 0.968 bits per heavy atom. The van der Waals surface area contributed by atoms with Crippen LogP contribution in [0.3, 0.4) is 0 Å². The number of benzene rings is 3. The first-order valence-corrected chi connectivity index (χ1v) is 10.3. The molecule has 2 N–H and O–H groups in total. The molecule has 1 aliphatic rings. The van der Waals surface area contributed by atoms with Crippen LogP contribution >= 0.6 is 0 Å². The highest BCUT2D eigenvalue weighted by molar-refractivity contribution is 5.99. The van der Waals surface area contributed by atoms with Gasteiger partial charge in [0, 0.05) is 24.5 Å². The van der Waals surface area contributed by atoms with E-state index in [1.165, 1.54) is 12.1 Å². The van der Waals surface area contributed by atoms with Crippen LogP contribution in [0.25, 0.3) is 22.4 Å². The molecule has 0 aliphatic carbocycles. The second-order valence-corrected chi connectivity index (χ2v) is 7.84. The van der Waals surface area contributed by atoms with Gasteiger partial charge in [0.1, 0.15) is 11.6 Å². The summed E-state index contributed by atoms with van der Waals surface area (Å²) in [5.74, 6) is 0.373. The van der Waals surface area contributed by atoms with E-state index in [9.17, 15) is 9.18 Å². The molecule has 0 spiro atoms. The largest absolute Gasteiger partial charge is 0.381 e. The number of carbonyl (C=O) groups is 1. The van der Waals surface area contributed by atoms with Gasteiger partial charge in [0.25, 0.3) is 0 Å². The Balaban J connectivity index is 1.39. The Kier molecular flexibility index (Phi) is 5.00. The quantitative estimate of drug-likeness (QED) is 0.490. The predicted octanol–water partition coefficient (Wildman–Crippen LogP) is 5.06. The number of rotatable bonds is 4. The molecule has 5 rings (SSSR count). The molecule has 0 atom stereocenters. The predicted molar refractivity (Wildman–Crippen MR) is 118 cm³/mol. The number of hydrogen-bond donors (Lipinski definition) is 2. The Morgan fingerprint density at radius 2 is 1.68 bits per heavy atom. The number of para-hydroxylation sites is 2. The summed E-state index contributed by atoms with van der Waals surface area (Å²) in [6.45, 7) is 0.992. The molecule has 31 heavy (non-hydrogen) atoms. The highest BCUT2D eigenvalue weighted by Crippen LogP contribution is 2.36. The summed E-state index contributed by atoms with van der Waals surface area (Å²) in [5, 5.41) is 3.05. The molecule has 1 aromatic heterocycles. The van der Waals surface area contributed by atoms with Crippen LogP contribution < -0.4 is 5.32 Å². The van der Waals surface area contributed by atoms with Crippen LogP contribution in [0.1, 0.15) is 18.4 Å². The van der Waals surface area contributed by atoms with Crippen LogP contribution in [-0.4, -0.2) is 29.1 Å². The first-order chi connectivity index (χ1) is 15.1. The summed E-state index contributed by atoms with van der Waals surface area (Å²) >= 11 is 0. The van der Waals surface area contributed by atoms with Crippen LogP contribution in [0.4, 0.5) is 10.1 Å². The number of amides is 1. The molecule has 1 amide bonds. The van der Waals surface area contributed by atoms with Crippen molar-refractivity contribution in [2.45, 2.75) is 18.3 Å². The molecule has 156 valence electrons. The SMILES string of the molecule is O=C(Nc1ccc(-c2nc3ccccc3[nH]2)cc1)C1(c2ccc(F)cc2)CCOCC1. The lowest BCUT2D eigenvalue weighted by Gasteiger charge is -2.36. The standard InChI is InChI=1S/C25H22FN3O2/c26-19-9-7-18(8-10-19)25(13-15-31-16-14-25)24(30)27-20-11-5-17(6-12-20)23-28-21-3-1-2-4-22(21)29-23/h1-12H,13-16H2,(H,27,30)(H,28,29). The minimum absolute atomic E-state index is 0.0982. The van der Waals surface area contributed by atoms with Gasteiger partial charge in [-0.1, -0.05) is 24.3 Å². The van der Waals surface area contributed by atoms with E-state index in [1.807, 2.05) is 48.5 Å². The fourth-order valence-corrected chi connectivity index (χ4v) is 4.19. The van der Waals surface area contributed by atoms with Gasteiger partial charge >= 0.3 is 0 Å². The van der Waals surface area contributed by atoms with Gasteiger partial charge in [-0.3, -0.25) is 4.79 Å². The van der Waals surface area contributed by atoms with Crippen molar-refractivity contribution in [3.8, 4) is 11.4 Å². The zero-order valence-corrected chi connectivity index (χ0v) is 16.9. The Morgan fingerprint density at radius 3 is 2.39 bits per heavy atom. The second kappa shape index (κ2) is 7.96. The lowest BCUT2D eigenvalue weighted by atomic mass is 9.73. The second-order valence-electron chi connectivity index (χ2n) is 7.84. The van der Waals surface area contributed by atoms with Crippen molar-refractivity contribution in [1.82, 2.24) is 9.97 Å². The molecule has 6 heteroatoms. The number of nitrogens with zero attached hydrogens (tertiary/aromatic N) is 1. The molecule has 2 heterocycles. The van der Waals surface area contributed by atoms with Crippen LogP contribution in [0.15, 0.2) is 72.8 Å². The Labute approximate surface area is 179 Å². The minimum atomic E-state index is -0.733. The molecule has 4 aromatic rings. The van der Waals surface area contributed by atoms with E-state index in [0.29, 0.717) is 31.7 Å². The maximum Gasteiger partial charge on any atom is 0.235 e. The maximum absolute atomic E-state index is 13.4. The van der Waals surface area contributed by atoms with Gasteiger partial charge in [0.2, 0.25) is 5.91 Å². The van der Waals surface area contributed by atoms with Crippen molar-refractivity contribution in [2.24, 2.45) is 0 Å². The van der Waals surface area contributed by atoms with E-state index >= 15 is 0 Å². The summed E-state index contributed by atoms with van der Waals surface area (Å²) in [7, 11) is 0. The van der Waals surface area contributed by atoms with Gasteiger partial charge in [-0.05, 0) is 66.9 Å². The molecule has 0 unspecified atom stereocenters. The summed E-state index contributed by atoms with van der Waals surface area (Å²) in [5.41, 5.74) is 3.62. The number of H-pyrrole nitrogens is 1. The number of hydrogen-bond acceptors (Lipinski definition) is 3. The third kappa shape index (κ3) is 3.70. The number of fused-ring (bicyclic) bond motifs is 1. The van der Waals surface area contributed by atoms with E-state index in [-0.39, 0.29) is 11.7 Å². The molecule has 0 bridgehead atoms. The first kappa shape index (κ1) is 19.5. The molecule has 3 aromatic carbocycles. The molecule has 1 saturated heterocycles. The number of nitrogens with one attached hydrogen (secondary N) is 2. The van der Waals surface area contributed by atoms with Crippen molar-refractivity contribution in [2.75, 3.05) is 18.5 Å². The van der Waals surface area contributed by atoms with Gasteiger partial charge in [0.05, 0.1) is 16.4 Å². The van der Waals surface area contributed by atoms with Crippen molar-refractivity contribution in [3.63, 3.8) is 0 Å². The number of ether oxygens (including phenoxy) is 1. The number of anilines is 1. The monoisotopic (exact) mass is 415 g/mol. The molecule has 1 aliphatic heterocycles. The number of halogens is 1. The summed E-state index contributed by atoms with van der Waals surface area (Å²) in [6.07, 6.45) is 1.11. The molecule has 1 fully saturated rings. The fraction of sp³-hybridized carbons (Fsp3) is 0.200. The van der Waals surface area contributed by atoms with Crippen LogP contribution in [0.2, 0.25) is 0 Å². The van der Waals surface area contributed by atoms with Crippen molar-refractivity contribution in [3.05, 3.63) is 84.2 Å². The van der Waals surface area contributed by atoms with Crippen LogP contribution in [0, 0.1) is 5.82 Å².